The Bertz CT molecular complexity index is 1020. The van der Waals surface area contributed by atoms with E-state index in [2.05, 4.69) is 26.1 Å². The zero-order valence-corrected chi connectivity index (χ0v) is 16.9. The lowest BCUT2D eigenvalue weighted by Gasteiger charge is -2.15. The normalized spacial score (nSPS) is 11.8. The summed E-state index contributed by atoms with van der Waals surface area (Å²) in [5.74, 6) is 0.457. The molecule has 0 unspecified atom stereocenters. The number of rotatable bonds is 6. The molecule has 136 valence electrons. The van der Waals surface area contributed by atoms with Gasteiger partial charge in [-0.3, -0.25) is 0 Å². The van der Waals surface area contributed by atoms with Crippen LogP contribution in [0.3, 0.4) is 0 Å². The van der Waals surface area contributed by atoms with Gasteiger partial charge in [-0.15, -0.1) is 0 Å². The second kappa shape index (κ2) is 7.87. The number of hydrogen-bond acceptors (Lipinski definition) is 5. The van der Waals surface area contributed by atoms with Crippen molar-refractivity contribution in [3.63, 3.8) is 0 Å². The zero-order chi connectivity index (χ0) is 18.7. The summed E-state index contributed by atoms with van der Waals surface area (Å²) in [6.45, 7) is -0.0100. The van der Waals surface area contributed by atoms with Gasteiger partial charge in [0.2, 0.25) is 21.7 Å². The molecule has 0 spiro atoms. The van der Waals surface area contributed by atoms with E-state index < -0.39 is 10.0 Å². The zero-order valence-electron chi connectivity index (χ0n) is 13.8. The Morgan fingerprint density at radius 2 is 1.96 bits per heavy atom. The first-order valence-electron chi connectivity index (χ1n) is 7.60. The molecule has 0 radical (unpaired) electrons. The van der Waals surface area contributed by atoms with Crippen LogP contribution in [0.25, 0.3) is 11.4 Å². The van der Waals surface area contributed by atoms with E-state index in [0.29, 0.717) is 22.0 Å². The van der Waals surface area contributed by atoms with E-state index in [9.17, 15) is 8.42 Å². The highest BCUT2D eigenvalue weighted by molar-refractivity contribution is 9.10. The van der Waals surface area contributed by atoms with Crippen molar-refractivity contribution in [1.29, 1.82) is 0 Å². The van der Waals surface area contributed by atoms with Crippen molar-refractivity contribution in [1.82, 2.24) is 14.4 Å². The molecule has 6 nitrogen and oxygen atoms in total. The molecule has 0 fully saturated rings. The average molecular weight is 457 g/mol. The average Bonchev–Trinajstić information content (AvgIpc) is 3.03. The predicted molar refractivity (Wildman–Crippen MR) is 103 cm³/mol. The van der Waals surface area contributed by atoms with Crippen molar-refractivity contribution < 1.29 is 12.9 Å². The van der Waals surface area contributed by atoms with Crippen molar-refractivity contribution >= 4 is 37.6 Å². The van der Waals surface area contributed by atoms with Gasteiger partial charge in [-0.1, -0.05) is 57.0 Å². The minimum Gasteiger partial charge on any atom is -0.338 e. The summed E-state index contributed by atoms with van der Waals surface area (Å²) in [6.07, 6.45) is 0. The molecule has 26 heavy (non-hydrogen) atoms. The molecule has 0 N–H and O–H groups in total. The maximum Gasteiger partial charge on any atom is 0.242 e. The first-order valence-corrected chi connectivity index (χ1v) is 10.4. The molecule has 1 heterocycles. The maximum absolute atomic E-state index is 12.5. The van der Waals surface area contributed by atoms with Gasteiger partial charge in [-0.2, -0.15) is 9.29 Å². The van der Waals surface area contributed by atoms with Crippen LogP contribution in [0.2, 0.25) is 5.02 Å². The Labute approximate surface area is 165 Å². The third kappa shape index (κ3) is 4.70. The van der Waals surface area contributed by atoms with Gasteiger partial charge >= 0.3 is 0 Å². The summed E-state index contributed by atoms with van der Waals surface area (Å²) in [5.41, 5.74) is 1.39. The SMILES string of the molecule is CN(Cc1nc(-c2cccc(Cl)c2)no1)S(=O)(=O)Cc1cccc(Br)c1. The summed E-state index contributed by atoms with van der Waals surface area (Å²) < 4.78 is 32.3. The van der Waals surface area contributed by atoms with Crippen molar-refractivity contribution in [2.75, 3.05) is 7.05 Å². The van der Waals surface area contributed by atoms with Crippen molar-refractivity contribution in [3.05, 3.63) is 69.5 Å². The van der Waals surface area contributed by atoms with Crippen molar-refractivity contribution in [3.8, 4) is 11.4 Å². The minimum absolute atomic E-state index is 0.0100. The van der Waals surface area contributed by atoms with E-state index in [1.807, 2.05) is 6.07 Å². The summed E-state index contributed by atoms with van der Waals surface area (Å²) in [5, 5.41) is 4.44. The van der Waals surface area contributed by atoms with Gasteiger partial charge in [0.1, 0.15) is 0 Å². The number of nitrogens with zero attached hydrogens (tertiary/aromatic N) is 3. The minimum atomic E-state index is -3.53. The quantitative estimate of drug-likeness (QED) is 0.558. The molecular formula is C17H15BrClN3O3S. The van der Waals surface area contributed by atoms with E-state index in [1.165, 1.54) is 11.4 Å². The van der Waals surface area contributed by atoms with Crippen LogP contribution in [0.4, 0.5) is 0 Å². The maximum atomic E-state index is 12.5. The highest BCUT2D eigenvalue weighted by Crippen LogP contribution is 2.21. The van der Waals surface area contributed by atoms with Crippen LogP contribution in [0.1, 0.15) is 11.5 Å². The van der Waals surface area contributed by atoms with Gasteiger partial charge in [-0.05, 0) is 29.8 Å². The molecule has 0 atom stereocenters. The molecule has 0 aliphatic carbocycles. The molecule has 0 aliphatic rings. The lowest BCUT2D eigenvalue weighted by atomic mass is 10.2. The largest absolute Gasteiger partial charge is 0.338 e. The highest BCUT2D eigenvalue weighted by Gasteiger charge is 2.21. The Kier molecular flexibility index (Phi) is 5.76. The van der Waals surface area contributed by atoms with E-state index >= 15 is 0 Å². The Balaban J connectivity index is 1.72. The third-order valence-corrected chi connectivity index (χ3v) is 6.13. The molecule has 3 rings (SSSR count). The van der Waals surface area contributed by atoms with Gasteiger partial charge in [0.15, 0.2) is 0 Å². The second-order valence-corrected chi connectivity index (χ2v) is 9.09. The second-order valence-electron chi connectivity index (χ2n) is 5.66. The van der Waals surface area contributed by atoms with Crippen LogP contribution < -0.4 is 0 Å². The summed E-state index contributed by atoms with van der Waals surface area (Å²) in [7, 11) is -2.04. The summed E-state index contributed by atoms with van der Waals surface area (Å²) in [4.78, 5) is 4.25. The lowest BCUT2D eigenvalue weighted by molar-refractivity contribution is 0.336. The Morgan fingerprint density at radius 3 is 2.69 bits per heavy atom. The first kappa shape index (κ1) is 19.0. The lowest BCUT2D eigenvalue weighted by Crippen LogP contribution is -2.27. The molecule has 0 saturated heterocycles. The van der Waals surface area contributed by atoms with E-state index in [0.717, 1.165) is 4.47 Å². The van der Waals surface area contributed by atoms with Crippen LogP contribution >= 0.6 is 27.5 Å². The van der Waals surface area contributed by atoms with Gasteiger partial charge in [0, 0.05) is 22.1 Å². The fourth-order valence-electron chi connectivity index (χ4n) is 2.30. The standard InChI is InChI=1S/C17H15BrClN3O3S/c1-22(26(23,24)11-12-4-2-6-14(18)8-12)10-16-20-17(21-25-16)13-5-3-7-15(19)9-13/h2-9H,10-11H2,1H3. The summed E-state index contributed by atoms with van der Waals surface area (Å²) >= 11 is 9.30. The molecule has 1 aromatic heterocycles. The topological polar surface area (TPSA) is 76.3 Å². The number of sulfonamides is 1. The van der Waals surface area contributed by atoms with Gasteiger partial charge in [0.25, 0.3) is 0 Å². The Morgan fingerprint density at radius 1 is 1.19 bits per heavy atom. The van der Waals surface area contributed by atoms with E-state index in [1.54, 1.807) is 42.5 Å². The molecule has 3 aromatic rings. The van der Waals surface area contributed by atoms with E-state index in [-0.39, 0.29) is 18.2 Å². The van der Waals surface area contributed by atoms with Crippen LogP contribution in [0.5, 0.6) is 0 Å². The monoisotopic (exact) mass is 455 g/mol. The van der Waals surface area contributed by atoms with E-state index in [4.69, 9.17) is 16.1 Å². The van der Waals surface area contributed by atoms with Crippen LogP contribution in [-0.2, 0) is 22.3 Å². The summed E-state index contributed by atoms with van der Waals surface area (Å²) in [6, 6.07) is 14.2. The molecule has 9 heteroatoms. The van der Waals surface area contributed by atoms with Crippen molar-refractivity contribution in [2.24, 2.45) is 0 Å². The molecule has 0 aliphatic heterocycles. The van der Waals surface area contributed by atoms with Crippen LogP contribution in [0, 0.1) is 0 Å². The number of hydrogen-bond donors (Lipinski definition) is 0. The fraction of sp³-hybridized carbons (Fsp3) is 0.176. The third-order valence-electron chi connectivity index (χ3n) is 3.62. The highest BCUT2D eigenvalue weighted by atomic mass is 79.9. The molecule has 2 aromatic carbocycles. The van der Waals surface area contributed by atoms with Crippen molar-refractivity contribution in [2.45, 2.75) is 12.3 Å². The molecule has 0 amide bonds. The number of halogens is 2. The predicted octanol–water partition coefficient (Wildman–Crippen LogP) is 4.11. The van der Waals surface area contributed by atoms with Crippen LogP contribution in [-0.4, -0.2) is 29.9 Å². The van der Waals surface area contributed by atoms with Crippen LogP contribution in [0.15, 0.2) is 57.5 Å². The molecular weight excluding hydrogens is 442 g/mol. The molecule has 0 saturated carbocycles. The smallest absolute Gasteiger partial charge is 0.242 e. The number of aromatic nitrogens is 2. The van der Waals surface area contributed by atoms with Gasteiger partial charge < -0.3 is 4.52 Å². The molecule has 0 bridgehead atoms. The van der Waals surface area contributed by atoms with Gasteiger partial charge in [0.05, 0.1) is 12.3 Å². The first-order chi connectivity index (χ1) is 12.3. The fourth-order valence-corrected chi connectivity index (χ4v) is 4.07. The number of benzene rings is 2. The van der Waals surface area contributed by atoms with Gasteiger partial charge in [-0.25, -0.2) is 8.42 Å². The Hall–Kier alpha value is -1.74.